The van der Waals surface area contributed by atoms with E-state index in [1.54, 1.807) is 12.1 Å². The number of hydrogen-bond donors (Lipinski definition) is 0. The number of hydrogen-bond acceptors (Lipinski definition) is 10. The molecule has 1 rings (SSSR count). The van der Waals surface area contributed by atoms with Gasteiger partial charge in [0, 0.05) is 31.9 Å². The van der Waals surface area contributed by atoms with Crippen LogP contribution in [0.5, 0.6) is 0 Å². The maximum absolute atomic E-state index is 12.1. The Balaban J connectivity index is 0.000000954. The van der Waals surface area contributed by atoms with E-state index in [0.717, 1.165) is 27.0 Å². The summed E-state index contributed by atoms with van der Waals surface area (Å²) in [4.78, 5) is 37.8. The van der Waals surface area contributed by atoms with Gasteiger partial charge in [-0.1, -0.05) is 0 Å². The van der Waals surface area contributed by atoms with Gasteiger partial charge < -0.3 is 23.7 Å². The highest BCUT2D eigenvalue weighted by atomic mass is 32.2. The number of halogens is 3. The molecule has 0 unspecified atom stereocenters. The minimum absolute atomic E-state index is 0.295. The van der Waals surface area contributed by atoms with Crippen molar-refractivity contribution in [3.05, 3.63) is 30.1 Å². The number of nitrogens with zero attached hydrogens (tertiary/aromatic N) is 2. The van der Waals surface area contributed by atoms with Crippen LogP contribution in [0.4, 0.5) is 18.9 Å². The summed E-state index contributed by atoms with van der Waals surface area (Å²) in [5.74, 6) is -2.87. The molecule has 0 spiro atoms. The quantitative estimate of drug-likeness (QED) is 0.0827. The summed E-state index contributed by atoms with van der Waals surface area (Å²) >= 11 is 0. The second kappa shape index (κ2) is 11.3. The molecule has 1 heterocycles. The number of carbonyl (C=O) groups excluding carboxylic acids is 3. The van der Waals surface area contributed by atoms with Gasteiger partial charge in [-0.25, -0.2) is 22.8 Å². The molecular weight excluding hydrogens is 453 g/mol. The Hall–Kier alpha value is -3.20. The molecule has 0 amide bonds. The van der Waals surface area contributed by atoms with E-state index in [1.165, 1.54) is 17.0 Å². The highest BCUT2D eigenvalue weighted by molar-refractivity contribution is 7.86. The third kappa shape index (κ3) is 7.86. The van der Waals surface area contributed by atoms with Gasteiger partial charge >= 0.3 is 29.1 Å². The molecule has 0 bridgehead atoms. The third-order valence-electron chi connectivity index (χ3n) is 3.26. The molecule has 0 N–H and O–H groups in total. The van der Waals surface area contributed by atoms with Gasteiger partial charge in [0.25, 0.3) is 0 Å². The minimum Gasteiger partial charge on any atom is -0.741 e. The number of rotatable bonds is 5. The smallest absolute Gasteiger partial charge is 0.485 e. The van der Waals surface area contributed by atoms with E-state index in [0.29, 0.717) is 0 Å². The highest BCUT2D eigenvalue weighted by Crippen LogP contribution is 2.20. The molecular formula is C16H19F3N2O9S. The average Bonchev–Trinajstić information content (AvgIpc) is 2.69. The van der Waals surface area contributed by atoms with Crippen LogP contribution >= 0.6 is 0 Å². The first kappa shape index (κ1) is 27.8. The van der Waals surface area contributed by atoms with Crippen LogP contribution in [-0.4, -0.2) is 71.8 Å². The number of carbonyl (C=O) groups is 3. The molecule has 0 aromatic carbocycles. The predicted molar refractivity (Wildman–Crippen MR) is 96.0 cm³/mol. The first-order chi connectivity index (χ1) is 14.1. The largest absolute Gasteiger partial charge is 0.741 e. The number of esters is 3. The lowest BCUT2D eigenvalue weighted by Crippen LogP contribution is -2.40. The van der Waals surface area contributed by atoms with Gasteiger partial charge in [-0.05, 0) is 0 Å². The molecule has 0 radical (unpaired) electrons. The van der Waals surface area contributed by atoms with Crippen molar-refractivity contribution in [3.8, 4) is 0 Å². The first-order valence-corrected chi connectivity index (χ1v) is 9.23. The molecule has 0 aliphatic heterocycles. The van der Waals surface area contributed by atoms with Crippen LogP contribution in [0, 0.1) is 0 Å². The zero-order valence-electron chi connectivity index (χ0n) is 16.9. The average molecular weight is 472 g/mol. The Kier molecular flexibility index (Phi) is 10.1. The summed E-state index contributed by atoms with van der Waals surface area (Å²) in [6.45, 7) is 0. The molecule has 0 aliphatic carbocycles. The van der Waals surface area contributed by atoms with Gasteiger partial charge in [0.2, 0.25) is 5.57 Å². The van der Waals surface area contributed by atoms with Crippen LogP contribution in [0.15, 0.2) is 30.1 Å². The van der Waals surface area contributed by atoms with Crippen molar-refractivity contribution in [2.45, 2.75) is 5.51 Å². The third-order valence-corrected chi connectivity index (χ3v) is 3.83. The maximum atomic E-state index is 12.1. The van der Waals surface area contributed by atoms with Crippen LogP contribution in [0.1, 0.15) is 0 Å². The second-order valence-electron chi connectivity index (χ2n) is 5.46. The van der Waals surface area contributed by atoms with Gasteiger partial charge in [-0.2, -0.15) is 17.7 Å². The number of alkyl halides is 3. The molecule has 11 nitrogen and oxygen atoms in total. The van der Waals surface area contributed by atoms with Crippen molar-refractivity contribution in [1.82, 2.24) is 0 Å². The first-order valence-electron chi connectivity index (χ1n) is 7.82. The zero-order valence-corrected chi connectivity index (χ0v) is 17.7. The van der Waals surface area contributed by atoms with Crippen molar-refractivity contribution in [2.24, 2.45) is 0 Å². The molecule has 1 aromatic heterocycles. The molecule has 1 aromatic rings. The van der Waals surface area contributed by atoms with E-state index in [1.807, 2.05) is 19.0 Å². The summed E-state index contributed by atoms with van der Waals surface area (Å²) in [6.07, 6.45) is 3.04. The Labute approximate surface area is 175 Å². The van der Waals surface area contributed by atoms with Crippen LogP contribution in [-0.2, 0) is 38.7 Å². The fraction of sp³-hybridized carbons (Fsp3) is 0.375. The standard InChI is InChI=1S/C15H19N2O6.CHF3O3S/c1-16(2)10-6-8-17(9-7-10)12(15(20)23-5)11(13(18)21-3)14(19)22-4;2-1(3,4)8(5,6)7/h6-9H,1-5H3;(H,5,6,7)/q+1;/p-1. The van der Waals surface area contributed by atoms with Gasteiger partial charge in [0.05, 0.1) is 21.3 Å². The number of anilines is 1. The zero-order chi connectivity index (χ0) is 24.6. The summed E-state index contributed by atoms with van der Waals surface area (Å²) in [5.41, 5.74) is -5.63. The monoisotopic (exact) mass is 472 g/mol. The summed E-state index contributed by atoms with van der Waals surface area (Å²) < 4.78 is 74.0. The molecule has 0 fully saturated rings. The van der Waals surface area contributed by atoms with Gasteiger partial charge in [0.1, 0.15) is 0 Å². The van der Waals surface area contributed by atoms with E-state index >= 15 is 0 Å². The van der Waals surface area contributed by atoms with Gasteiger partial charge in [0.15, 0.2) is 22.5 Å². The maximum Gasteiger partial charge on any atom is 0.485 e. The van der Waals surface area contributed by atoms with Crippen LogP contribution in [0.3, 0.4) is 0 Å². The lowest BCUT2D eigenvalue weighted by atomic mass is 10.2. The number of pyridine rings is 1. The van der Waals surface area contributed by atoms with Crippen LogP contribution < -0.4 is 9.47 Å². The lowest BCUT2D eigenvalue weighted by Gasteiger charge is -2.11. The Morgan fingerprint density at radius 2 is 1.29 bits per heavy atom. The number of methoxy groups -OCH3 is 3. The molecule has 31 heavy (non-hydrogen) atoms. The minimum atomic E-state index is -6.09. The fourth-order valence-electron chi connectivity index (χ4n) is 1.78. The Morgan fingerprint density at radius 3 is 1.55 bits per heavy atom. The van der Waals surface area contributed by atoms with Crippen molar-refractivity contribution < 1.29 is 59.3 Å². The SMILES string of the molecule is COC(=O)C(C(=O)OC)=C(C(=O)OC)[n+]1ccc(N(C)C)cc1.O=S(=O)([O-])C(F)(F)F. The topological polar surface area (TPSA) is 143 Å². The second-order valence-corrected chi connectivity index (χ2v) is 6.83. The summed E-state index contributed by atoms with van der Waals surface area (Å²) in [6, 6.07) is 3.41. The highest BCUT2D eigenvalue weighted by Gasteiger charge is 2.37. The Bertz CT molecular complexity index is 922. The van der Waals surface area contributed by atoms with Crippen molar-refractivity contribution in [3.63, 3.8) is 0 Å². The molecule has 0 atom stereocenters. The predicted octanol–water partition coefficient (Wildman–Crippen LogP) is -0.178. The molecule has 15 heteroatoms. The van der Waals surface area contributed by atoms with Crippen LogP contribution in [0.25, 0.3) is 5.70 Å². The molecule has 174 valence electrons. The van der Waals surface area contributed by atoms with Crippen molar-refractivity contribution in [1.29, 1.82) is 0 Å². The van der Waals surface area contributed by atoms with Crippen molar-refractivity contribution >= 4 is 39.4 Å². The van der Waals surface area contributed by atoms with Crippen molar-refractivity contribution in [2.75, 3.05) is 40.3 Å². The van der Waals surface area contributed by atoms with E-state index in [4.69, 9.17) is 13.0 Å². The van der Waals surface area contributed by atoms with E-state index < -0.39 is 39.1 Å². The van der Waals surface area contributed by atoms with Gasteiger partial charge in [-0.3, -0.25) is 0 Å². The molecule has 0 saturated heterocycles. The summed E-state index contributed by atoms with van der Waals surface area (Å²) in [7, 11) is 0.951. The van der Waals surface area contributed by atoms with E-state index in [2.05, 4.69) is 14.2 Å². The van der Waals surface area contributed by atoms with Gasteiger partial charge in [-0.15, -0.1) is 0 Å². The lowest BCUT2D eigenvalue weighted by molar-refractivity contribution is -0.578. The summed E-state index contributed by atoms with van der Waals surface area (Å²) in [5, 5.41) is 0. The number of ether oxygens (including phenoxy) is 3. The van der Waals surface area contributed by atoms with E-state index in [9.17, 15) is 27.6 Å². The normalized spacial score (nSPS) is 10.7. The van der Waals surface area contributed by atoms with E-state index in [-0.39, 0.29) is 5.70 Å². The molecule has 0 aliphatic rings. The van der Waals surface area contributed by atoms with Crippen LogP contribution in [0.2, 0.25) is 0 Å². The Morgan fingerprint density at radius 1 is 0.935 bits per heavy atom. The fourth-order valence-corrected chi connectivity index (χ4v) is 1.78. The molecule has 0 saturated carbocycles. The number of aromatic nitrogens is 1.